The molecule has 0 bridgehead atoms. The molecule has 2 aromatic carbocycles. The van der Waals surface area contributed by atoms with Gasteiger partial charge in [0, 0.05) is 10.7 Å². The first-order chi connectivity index (χ1) is 10.1. The van der Waals surface area contributed by atoms with Gasteiger partial charge in [0.15, 0.2) is 0 Å². The average Bonchev–Trinajstić information content (AvgIpc) is 2.44. The summed E-state index contributed by atoms with van der Waals surface area (Å²) in [6.45, 7) is 0. The molecule has 0 heterocycles. The molecule has 4 nitrogen and oxygen atoms in total. The molecule has 0 unspecified atom stereocenters. The van der Waals surface area contributed by atoms with E-state index in [0.29, 0.717) is 27.2 Å². The SMILES string of the molecule is N#CCC(=O)Nc1ccc(Oc2ccc(Cl)cc2Cl)cc1. The first-order valence-electron chi connectivity index (χ1n) is 5.98. The zero-order valence-corrected chi connectivity index (χ0v) is 12.3. The monoisotopic (exact) mass is 320 g/mol. The molecule has 0 saturated carbocycles. The lowest BCUT2D eigenvalue weighted by Gasteiger charge is -2.09. The van der Waals surface area contributed by atoms with E-state index in [-0.39, 0.29) is 12.3 Å². The van der Waals surface area contributed by atoms with Crippen molar-refractivity contribution in [2.75, 3.05) is 5.32 Å². The summed E-state index contributed by atoms with van der Waals surface area (Å²) >= 11 is 11.8. The van der Waals surface area contributed by atoms with Crippen molar-refractivity contribution in [1.82, 2.24) is 0 Å². The van der Waals surface area contributed by atoms with E-state index in [9.17, 15) is 4.79 Å². The standard InChI is InChI=1S/C15H10Cl2N2O2/c16-10-1-6-14(13(17)9-10)21-12-4-2-11(3-5-12)19-15(20)7-8-18/h1-6,9H,7H2,(H,19,20). The molecule has 0 aliphatic heterocycles. The second-order valence-corrected chi connectivity index (χ2v) is 4.93. The van der Waals surface area contributed by atoms with Crippen LogP contribution in [-0.4, -0.2) is 5.91 Å². The number of halogens is 2. The number of ether oxygens (including phenoxy) is 1. The van der Waals surface area contributed by atoms with Crippen LogP contribution >= 0.6 is 23.2 Å². The Labute approximate surface area is 131 Å². The second kappa shape index (κ2) is 6.98. The molecular weight excluding hydrogens is 311 g/mol. The highest BCUT2D eigenvalue weighted by Crippen LogP contribution is 2.31. The smallest absolute Gasteiger partial charge is 0.238 e. The van der Waals surface area contributed by atoms with Crippen LogP contribution in [0.2, 0.25) is 10.0 Å². The number of hydrogen-bond donors (Lipinski definition) is 1. The number of anilines is 1. The summed E-state index contributed by atoms with van der Waals surface area (Å²) in [6, 6.07) is 13.5. The summed E-state index contributed by atoms with van der Waals surface area (Å²) in [4.78, 5) is 11.3. The van der Waals surface area contributed by atoms with Crippen LogP contribution in [0.5, 0.6) is 11.5 Å². The van der Waals surface area contributed by atoms with Gasteiger partial charge in [-0.2, -0.15) is 5.26 Å². The Morgan fingerprint density at radius 1 is 1.19 bits per heavy atom. The molecule has 2 rings (SSSR count). The highest BCUT2D eigenvalue weighted by atomic mass is 35.5. The van der Waals surface area contributed by atoms with Crippen LogP contribution in [0.3, 0.4) is 0 Å². The predicted molar refractivity (Wildman–Crippen MR) is 81.8 cm³/mol. The minimum absolute atomic E-state index is 0.182. The van der Waals surface area contributed by atoms with Crippen molar-refractivity contribution in [3.05, 3.63) is 52.5 Å². The molecule has 0 fully saturated rings. The fraction of sp³-hybridized carbons (Fsp3) is 0.0667. The van der Waals surface area contributed by atoms with Crippen molar-refractivity contribution in [2.24, 2.45) is 0 Å². The van der Waals surface area contributed by atoms with Gasteiger partial charge in [-0.25, -0.2) is 0 Å². The molecule has 0 aliphatic carbocycles. The van der Waals surface area contributed by atoms with Gasteiger partial charge in [0.1, 0.15) is 17.9 Å². The lowest BCUT2D eigenvalue weighted by atomic mass is 10.3. The lowest BCUT2D eigenvalue weighted by molar-refractivity contribution is -0.115. The molecular formula is C15H10Cl2N2O2. The van der Waals surface area contributed by atoms with E-state index >= 15 is 0 Å². The lowest BCUT2D eigenvalue weighted by Crippen LogP contribution is -2.09. The Morgan fingerprint density at radius 3 is 2.52 bits per heavy atom. The Kier molecular flexibility index (Phi) is 5.04. The molecule has 0 aromatic heterocycles. The van der Waals surface area contributed by atoms with E-state index in [0.717, 1.165) is 0 Å². The van der Waals surface area contributed by atoms with E-state index in [4.69, 9.17) is 33.2 Å². The first-order valence-corrected chi connectivity index (χ1v) is 6.74. The third kappa shape index (κ3) is 4.38. The number of nitrogens with zero attached hydrogens (tertiary/aromatic N) is 1. The number of nitrogens with one attached hydrogen (secondary N) is 1. The average molecular weight is 321 g/mol. The van der Waals surface area contributed by atoms with Crippen LogP contribution in [0, 0.1) is 11.3 Å². The molecule has 106 valence electrons. The molecule has 0 radical (unpaired) electrons. The predicted octanol–water partition coefficient (Wildman–Crippen LogP) is 4.64. The highest BCUT2D eigenvalue weighted by molar-refractivity contribution is 6.35. The van der Waals surface area contributed by atoms with E-state index in [1.165, 1.54) is 0 Å². The molecule has 0 atom stereocenters. The third-order valence-electron chi connectivity index (χ3n) is 2.50. The maximum absolute atomic E-state index is 11.3. The number of nitriles is 1. The van der Waals surface area contributed by atoms with Crippen molar-refractivity contribution in [3.63, 3.8) is 0 Å². The maximum atomic E-state index is 11.3. The van der Waals surface area contributed by atoms with Gasteiger partial charge in [0.05, 0.1) is 11.1 Å². The van der Waals surface area contributed by atoms with E-state index in [2.05, 4.69) is 5.32 Å². The van der Waals surface area contributed by atoms with Crippen molar-refractivity contribution in [3.8, 4) is 17.6 Å². The van der Waals surface area contributed by atoms with Crippen LogP contribution < -0.4 is 10.1 Å². The van der Waals surface area contributed by atoms with Gasteiger partial charge < -0.3 is 10.1 Å². The third-order valence-corrected chi connectivity index (χ3v) is 3.03. The van der Waals surface area contributed by atoms with Crippen LogP contribution in [0.1, 0.15) is 6.42 Å². The molecule has 21 heavy (non-hydrogen) atoms. The molecule has 0 saturated heterocycles. The summed E-state index contributed by atoms with van der Waals surface area (Å²) in [7, 11) is 0. The molecule has 1 N–H and O–H groups in total. The topological polar surface area (TPSA) is 62.1 Å². The second-order valence-electron chi connectivity index (χ2n) is 4.08. The van der Waals surface area contributed by atoms with E-state index in [1.54, 1.807) is 48.5 Å². The molecule has 0 aliphatic rings. The zero-order chi connectivity index (χ0) is 15.2. The quantitative estimate of drug-likeness (QED) is 0.892. The van der Waals surface area contributed by atoms with Crippen LogP contribution in [0.15, 0.2) is 42.5 Å². The number of amides is 1. The number of benzene rings is 2. The summed E-state index contributed by atoms with van der Waals surface area (Å²) in [5, 5.41) is 11.9. The van der Waals surface area contributed by atoms with Crippen molar-refractivity contribution < 1.29 is 9.53 Å². The Morgan fingerprint density at radius 2 is 1.90 bits per heavy atom. The van der Waals surface area contributed by atoms with E-state index < -0.39 is 0 Å². The van der Waals surface area contributed by atoms with Gasteiger partial charge >= 0.3 is 0 Å². The summed E-state index contributed by atoms with van der Waals surface area (Å²) in [5.74, 6) is 0.701. The molecule has 1 amide bonds. The first kappa shape index (κ1) is 15.2. The fourth-order valence-corrected chi connectivity index (χ4v) is 2.02. The molecule has 0 spiro atoms. The fourth-order valence-electron chi connectivity index (χ4n) is 1.57. The summed E-state index contributed by atoms with van der Waals surface area (Å²) in [6.07, 6.45) is -0.182. The Hall–Kier alpha value is -2.22. The normalized spacial score (nSPS) is 9.76. The maximum Gasteiger partial charge on any atom is 0.238 e. The van der Waals surface area contributed by atoms with Gasteiger partial charge in [-0.15, -0.1) is 0 Å². The molecule has 6 heteroatoms. The van der Waals surface area contributed by atoms with Crippen molar-refractivity contribution >= 4 is 34.8 Å². The largest absolute Gasteiger partial charge is 0.456 e. The van der Waals surface area contributed by atoms with Gasteiger partial charge in [0.25, 0.3) is 0 Å². The van der Waals surface area contributed by atoms with Gasteiger partial charge in [-0.3, -0.25) is 4.79 Å². The van der Waals surface area contributed by atoms with Crippen LogP contribution in [0.25, 0.3) is 0 Å². The van der Waals surface area contributed by atoms with Crippen LogP contribution in [-0.2, 0) is 4.79 Å². The van der Waals surface area contributed by atoms with Gasteiger partial charge in [-0.1, -0.05) is 23.2 Å². The zero-order valence-electron chi connectivity index (χ0n) is 10.8. The minimum atomic E-state index is -0.355. The van der Waals surface area contributed by atoms with Gasteiger partial charge in [0.2, 0.25) is 5.91 Å². The Bertz CT molecular complexity index is 694. The highest BCUT2D eigenvalue weighted by Gasteiger charge is 2.05. The number of carbonyl (C=O) groups is 1. The summed E-state index contributed by atoms with van der Waals surface area (Å²) in [5.41, 5.74) is 0.588. The van der Waals surface area contributed by atoms with Gasteiger partial charge in [-0.05, 0) is 42.5 Å². The summed E-state index contributed by atoms with van der Waals surface area (Å²) < 4.78 is 5.62. The number of rotatable bonds is 4. The molecule has 2 aromatic rings. The van der Waals surface area contributed by atoms with Crippen molar-refractivity contribution in [1.29, 1.82) is 5.26 Å². The van der Waals surface area contributed by atoms with E-state index in [1.807, 2.05) is 0 Å². The van der Waals surface area contributed by atoms with Crippen molar-refractivity contribution in [2.45, 2.75) is 6.42 Å². The minimum Gasteiger partial charge on any atom is -0.456 e. The number of hydrogen-bond acceptors (Lipinski definition) is 3. The Balaban J connectivity index is 2.05. The van der Waals surface area contributed by atoms with Crippen LogP contribution in [0.4, 0.5) is 5.69 Å². The number of carbonyl (C=O) groups excluding carboxylic acids is 1.